The molecule has 0 bridgehead atoms. The molecule has 3 aromatic rings. The molecule has 0 atom stereocenters. The molecule has 0 aliphatic rings. The lowest BCUT2D eigenvalue weighted by molar-refractivity contribution is -0.385. The molecular weight excluding hydrogens is 418 g/mol. The molecule has 29 heavy (non-hydrogen) atoms. The van der Waals surface area contributed by atoms with Crippen LogP contribution >= 0.6 is 11.6 Å². The summed E-state index contributed by atoms with van der Waals surface area (Å²) in [7, 11) is -4.16. The van der Waals surface area contributed by atoms with E-state index in [-0.39, 0.29) is 21.8 Å². The van der Waals surface area contributed by atoms with Crippen molar-refractivity contribution in [1.82, 2.24) is 0 Å². The molecule has 3 rings (SSSR count). The summed E-state index contributed by atoms with van der Waals surface area (Å²) < 4.78 is 27.7. The first kappa shape index (κ1) is 20.3. The number of nitro benzene ring substituents is 1. The van der Waals surface area contributed by atoms with Crippen molar-refractivity contribution in [1.29, 1.82) is 0 Å². The topological polar surface area (TPSA) is 118 Å². The molecule has 148 valence electrons. The van der Waals surface area contributed by atoms with E-state index in [0.29, 0.717) is 10.7 Å². The Morgan fingerprint density at radius 1 is 0.966 bits per heavy atom. The van der Waals surface area contributed by atoms with Gasteiger partial charge in [-0.1, -0.05) is 35.9 Å². The first-order valence-corrected chi connectivity index (χ1v) is 10.1. The van der Waals surface area contributed by atoms with E-state index in [1.54, 1.807) is 36.4 Å². The van der Waals surface area contributed by atoms with E-state index >= 15 is 0 Å². The maximum Gasteiger partial charge on any atom is 0.270 e. The van der Waals surface area contributed by atoms with Gasteiger partial charge in [-0.2, -0.15) is 0 Å². The van der Waals surface area contributed by atoms with Gasteiger partial charge in [0.1, 0.15) is 0 Å². The SMILES string of the molecule is O=C(Nc1cccc(Cl)c1)c1ccccc1NS(=O)(=O)c1cccc([N+](=O)[O-])c1. The second-order valence-electron chi connectivity index (χ2n) is 5.87. The maximum atomic E-state index is 12.7. The van der Waals surface area contributed by atoms with Gasteiger partial charge >= 0.3 is 0 Å². The molecule has 3 aromatic carbocycles. The van der Waals surface area contributed by atoms with Crippen LogP contribution in [-0.4, -0.2) is 19.2 Å². The van der Waals surface area contributed by atoms with Crippen LogP contribution in [0.3, 0.4) is 0 Å². The van der Waals surface area contributed by atoms with Gasteiger partial charge in [0.2, 0.25) is 0 Å². The highest BCUT2D eigenvalue weighted by atomic mass is 35.5. The molecular formula is C19H14ClN3O5S. The number of rotatable bonds is 6. The molecule has 10 heteroatoms. The number of nitro groups is 1. The highest BCUT2D eigenvalue weighted by Gasteiger charge is 2.21. The number of anilines is 2. The lowest BCUT2D eigenvalue weighted by Crippen LogP contribution is -2.18. The number of halogens is 1. The molecule has 0 aliphatic carbocycles. The summed E-state index contributed by atoms with van der Waals surface area (Å²) in [6.45, 7) is 0. The fourth-order valence-electron chi connectivity index (χ4n) is 2.50. The molecule has 0 saturated heterocycles. The van der Waals surface area contributed by atoms with Gasteiger partial charge in [-0.05, 0) is 36.4 Å². The molecule has 0 saturated carbocycles. The smallest absolute Gasteiger partial charge is 0.270 e. The largest absolute Gasteiger partial charge is 0.322 e. The molecule has 0 aromatic heterocycles. The van der Waals surface area contributed by atoms with Gasteiger partial charge < -0.3 is 5.32 Å². The Bertz CT molecular complexity index is 1200. The number of para-hydroxylation sites is 1. The zero-order chi connectivity index (χ0) is 21.0. The predicted molar refractivity (Wildman–Crippen MR) is 110 cm³/mol. The molecule has 0 aliphatic heterocycles. The fourth-order valence-corrected chi connectivity index (χ4v) is 3.81. The van der Waals surface area contributed by atoms with Gasteiger partial charge in [-0.15, -0.1) is 0 Å². The summed E-state index contributed by atoms with van der Waals surface area (Å²) in [4.78, 5) is 22.6. The number of hydrogen-bond donors (Lipinski definition) is 2. The number of nitrogens with one attached hydrogen (secondary N) is 2. The van der Waals surface area contributed by atoms with E-state index in [0.717, 1.165) is 6.07 Å². The number of nitrogens with zero attached hydrogens (tertiary/aromatic N) is 1. The Labute approximate surface area is 171 Å². The number of carbonyl (C=O) groups excluding carboxylic acids is 1. The van der Waals surface area contributed by atoms with E-state index in [9.17, 15) is 23.3 Å². The summed E-state index contributed by atoms with van der Waals surface area (Å²) in [6, 6.07) is 17.1. The Morgan fingerprint density at radius 3 is 2.41 bits per heavy atom. The molecule has 2 N–H and O–H groups in total. The van der Waals surface area contributed by atoms with E-state index in [2.05, 4.69) is 10.0 Å². The highest BCUT2D eigenvalue weighted by Crippen LogP contribution is 2.24. The molecule has 8 nitrogen and oxygen atoms in total. The van der Waals surface area contributed by atoms with Gasteiger partial charge in [0, 0.05) is 22.8 Å². The summed E-state index contributed by atoms with van der Waals surface area (Å²) in [6.07, 6.45) is 0. The molecule has 0 spiro atoms. The minimum atomic E-state index is -4.16. The minimum absolute atomic E-state index is 0.0264. The van der Waals surface area contributed by atoms with Crippen LogP contribution in [0.1, 0.15) is 10.4 Å². The van der Waals surface area contributed by atoms with Crippen molar-refractivity contribution in [2.75, 3.05) is 10.0 Å². The van der Waals surface area contributed by atoms with Crippen molar-refractivity contribution in [2.45, 2.75) is 4.90 Å². The summed E-state index contributed by atoms with van der Waals surface area (Å²) in [5.74, 6) is -0.551. The van der Waals surface area contributed by atoms with E-state index < -0.39 is 20.9 Å². The van der Waals surface area contributed by atoms with Crippen molar-refractivity contribution in [3.8, 4) is 0 Å². The molecule has 0 radical (unpaired) electrons. The van der Waals surface area contributed by atoms with Gasteiger partial charge in [-0.3, -0.25) is 19.6 Å². The predicted octanol–water partition coefficient (Wildman–Crippen LogP) is 4.30. The van der Waals surface area contributed by atoms with Crippen molar-refractivity contribution in [3.05, 3.63) is 93.5 Å². The molecule has 0 fully saturated rings. The Balaban J connectivity index is 1.89. The zero-order valence-corrected chi connectivity index (χ0v) is 16.3. The Kier molecular flexibility index (Phi) is 5.81. The first-order valence-electron chi connectivity index (χ1n) is 8.19. The third kappa shape index (κ3) is 4.89. The lowest BCUT2D eigenvalue weighted by atomic mass is 10.1. The second-order valence-corrected chi connectivity index (χ2v) is 7.99. The molecule has 0 unspecified atom stereocenters. The third-order valence-electron chi connectivity index (χ3n) is 3.84. The number of benzene rings is 3. The molecule has 1 amide bonds. The summed E-state index contributed by atoms with van der Waals surface area (Å²) >= 11 is 5.90. The Hall–Kier alpha value is -3.43. The number of non-ortho nitro benzene ring substituents is 1. The van der Waals surface area contributed by atoms with Crippen molar-refractivity contribution < 1.29 is 18.1 Å². The number of sulfonamides is 1. The number of carbonyl (C=O) groups is 1. The van der Waals surface area contributed by atoms with Crippen LogP contribution in [0.4, 0.5) is 17.1 Å². The summed E-state index contributed by atoms with van der Waals surface area (Å²) in [5.41, 5.74) is 0.179. The van der Waals surface area contributed by atoms with E-state index in [1.807, 2.05) is 0 Å². The second kappa shape index (κ2) is 8.29. The first-order chi connectivity index (χ1) is 13.8. The maximum absolute atomic E-state index is 12.7. The average molecular weight is 432 g/mol. The van der Waals surface area contributed by atoms with Crippen LogP contribution in [-0.2, 0) is 10.0 Å². The average Bonchev–Trinajstić information content (AvgIpc) is 2.68. The normalized spacial score (nSPS) is 10.9. The van der Waals surface area contributed by atoms with Crippen molar-refractivity contribution >= 4 is 44.6 Å². The monoisotopic (exact) mass is 431 g/mol. The number of hydrogen-bond acceptors (Lipinski definition) is 5. The van der Waals surface area contributed by atoms with Gasteiger partial charge in [-0.25, -0.2) is 8.42 Å². The fraction of sp³-hybridized carbons (Fsp3) is 0. The summed E-state index contributed by atoms with van der Waals surface area (Å²) in [5, 5.41) is 14.0. The zero-order valence-electron chi connectivity index (χ0n) is 14.7. The van der Waals surface area contributed by atoms with Crippen molar-refractivity contribution in [3.63, 3.8) is 0 Å². The van der Waals surface area contributed by atoms with E-state index in [1.165, 1.54) is 30.3 Å². The van der Waals surface area contributed by atoms with Crippen LogP contribution < -0.4 is 10.0 Å². The van der Waals surface area contributed by atoms with Gasteiger partial charge in [0.05, 0.1) is 21.1 Å². The van der Waals surface area contributed by atoms with Crippen LogP contribution in [0.2, 0.25) is 5.02 Å². The van der Waals surface area contributed by atoms with E-state index in [4.69, 9.17) is 11.6 Å². The van der Waals surface area contributed by atoms with Crippen LogP contribution in [0, 0.1) is 10.1 Å². The molecule has 0 heterocycles. The Morgan fingerprint density at radius 2 is 1.69 bits per heavy atom. The number of amides is 1. The van der Waals surface area contributed by atoms with Gasteiger partial charge in [0.25, 0.3) is 21.6 Å². The lowest BCUT2D eigenvalue weighted by Gasteiger charge is -2.13. The highest BCUT2D eigenvalue weighted by molar-refractivity contribution is 7.92. The van der Waals surface area contributed by atoms with Crippen molar-refractivity contribution in [2.24, 2.45) is 0 Å². The van der Waals surface area contributed by atoms with Crippen LogP contribution in [0.5, 0.6) is 0 Å². The quantitative estimate of drug-likeness (QED) is 0.445. The minimum Gasteiger partial charge on any atom is -0.322 e. The van der Waals surface area contributed by atoms with Gasteiger partial charge in [0.15, 0.2) is 0 Å². The van der Waals surface area contributed by atoms with Crippen LogP contribution in [0.25, 0.3) is 0 Å². The van der Waals surface area contributed by atoms with Crippen LogP contribution in [0.15, 0.2) is 77.7 Å². The standard InChI is InChI=1S/C19H14ClN3O5S/c20-13-5-3-6-14(11-13)21-19(24)17-9-1-2-10-18(17)22-29(27,28)16-8-4-7-15(12-16)23(25)26/h1-12,22H,(H,21,24). The third-order valence-corrected chi connectivity index (χ3v) is 5.44.